The summed E-state index contributed by atoms with van der Waals surface area (Å²) in [5.41, 5.74) is 10.2. The number of benzene rings is 2. The lowest BCUT2D eigenvalue weighted by atomic mass is 9.97. The zero-order valence-electron chi connectivity index (χ0n) is 19.6. The Kier molecular flexibility index (Phi) is 6.38. The van der Waals surface area contributed by atoms with Crippen LogP contribution >= 0.6 is 11.6 Å². The van der Waals surface area contributed by atoms with Crippen LogP contribution in [0.25, 0.3) is 16.6 Å². The maximum Gasteiger partial charge on any atom is 0.327 e. The number of hydrogen-bond donors (Lipinski definition) is 2. The number of nitrogens with zero attached hydrogens (tertiary/aromatic N) is 4. The molecule has 2 aliphatic rings. The van der Waals surface area contributed by atoms with Crippen LogP contribution < -0.4 is 11.1 Å². The lowest BCUT2D eigenvalue weighted by Crippen LogP contribution is -2.36. The molecule has 0 spiro atoms. The molecule has 2 unspecified atom stereocenters. The zero-order valence-corrected chi connectivity index (χ0v) is 20.4. The third-order valence-corrected chi connectivity index (χ3v) is 7.35. The zero-order chi connectivity index (χ0) is 24.7. The van der Waals surface area contributed by atoms with Crippen LogP contribution in [0.1, 0.15) is 48.9 Å². The molecule has 2 atom stereocenters. The summed E-state index contributed by atoms with van der Waals surface area (Å²) in [6.07, 6.45) is 5.48. The van der Waals surface area contributed by atoms with E-state index in [0.29, 0.717) is 17.1 Å². The fourth-order valence-electron chi connectivity index (χ4n) is 5.12. The van der Waals surface area contributed by atoms with E-state index in [0.717, 1.165) is 43.6 Å². The number of aromatic nitrogens is 3. The molecule has 1 saturated heterocycles. The molecule has 35 heavy (non-hydrogen) atoms. The van der Waals surface area contributed by atoms with Gasteiger partial charge in [-0.1, -0.05) is 41.6 Å². The van der Waals surface area contributed by atoms with Gasteiger partial charge in [0, 0.05) is 35.4 Å². The van der Waals surface area contributed by atoms with Crippen LogP contribution in [0.2, 0.25) is 5.02 Å². The SMILES string of the molecule is C=C(C1CCCN1)N1CC=C(c2ccc3nnn(C(C)c4ccc(Cl)cc4C(N)(F)F)c3c2)CC1. The predicted octanol–water partition coefficient (Wildman–Crippen LogP) is 5.06. The molecule has 0 radical (unpaired) electrons. The molecular weight excluding hydrogens is 470 g/mol. The van der Waals surface area contributed by atoms with Crippen LogP contribution in [0.15, 0.2) is 54.8 Å². The van der Waals surface area contributed by atoms with Gasteiger partial charge in [-0.15, -0.1) is 5.10 Å². The Labute approximate surface area is 208 Å². The van der Waals surface area contributed by atoms with Crippen LogP contribution in [-0.2, 0) is 6.05 Å². The maximum atomic E-state index is 14.2. The summed E-state index contributed by atoms with van der Waals surface area (Å²) in [6.45, 7) is 8.91. The molecule has 0 aliphatic carbocycles. The second-order valence-electron chi connectivity index (χ2n) is 9.33. The van der Waals surface area contributed by atoms with E-state index in [4.69, 9.17) is 17.3 Å². The van der Waals surface area contributed by atoms with Crippen LogP contribution in [0.4, 0.5) is 8.78 Å². The number of rotatable bonds is 6. The van der Waals surface area contributed by atoms with E-state index in [9.17, 15) is 8.78 Å². The second kappa shape index (κ2) is 9.33. The highest BCUT2D eigenvalue weighted by Gasteiger charge is 2.31. The summed E-state index contributed by atoms with van der Waals surface area (Å²) in [6, 6.07) is 6.72. The Morgan fingerprint density at radius 3 is 2.80 bits per heavy atom. The van der Waals surface area contributed by atoms with Crippen LogP contribution in [0.3, 0.4) is 0 Å². The minimum absolute atomic E-state index is 0.205. The number of nitrogens with two attached hydrogens (primary N) is 1. The Balaban J connectivity index is 1.43. The van der Waals surface area contributed by atoms with Crippen molar-refractivity contribution in [3.05, 3.63) is 76.5 Å². The lowest BCUT2D eigenvalue weighted by molar-refractivity contribution is 0.00163. The first-order valence-corrected chi connectivity index (χ1v) is 12.3. The average molecular weight is 499 g/mol. The molecule has 6 nitrogen and oxygen atoms in total. The Hall–Kier alpha value is -2.81. The summed E-state index contributed by atoms with van der Waals surface area (Å²) in [5.74, 6) is 0. The summed E-state index contributed by atoms with van der Waals surface area (Å²) in [7, 11) is 0. The minimum atomic E-state index is -3.52. The quantitative estimate of drug-likeness (QED) is 0.465. The maximum absolute atomic E-state index is 14.2. The first kappa shape index (κ1) is 23.9. The molecule has 2 aliphatic heterocycles. The van der Waals surface area contributed by atoms with Gasteiger partial charge in [0.05, 0.1) is 11.6 Å². The van der Waals surface area contributed by atoms with E-state index in [2.05, 4.69) is 33.2 Å². The second-order valence-corrected chi connectivity index (χ2v) is 9.77. The van der Waals surface area contributed by atoms with Gasteiger partial charge in [0.25, 0.3) is 0 Å². The van der Waals surface area contributed by atoms with Gasteiger partial charge in [-0.05, 0) is 73.7 Å². The monoisotopic (exact) mass is 498 g/mol. The highest BCUT2D eigenvalue weighted by molar-refractivity contribution is 6.30. The van der Waals surface area contributed by atoms with Crippen molar-refractivity contribution in [1.29, 1.82) is 0 Å². The highest BCUT2D eigenvalue weighted by Crippen LogP contribution is 2.34. The van der Waals surface area contributed by atoms with Crippen molar-refractivity contribution in [3.63, 3.8) is 0 Å². The van der Waals surface area contributed by atoms with Crippen LogP contribution in [0, 0.1) is 0 Å². The molecule has 2 aromatic carbocycles. The van der Waals surface area contributed by atoms with Crippen molar-refractivity contribution in [1.82, 2.24) is 25.2 Å². The molecule has 1 aromatic heterocycles. The van der Waals surface area contributed by atoms with E-state index in [-0.39, 0.29) is 10.6 Å². The van der Waals surface area contributed by atoms with E-state index >= 15 is 0 Å². The van der Waals surface area contributed by atoms with Gasteiger partial charge in [-0.2, -0.15) is 8.78 Å². The Morgan fingerprint density at radius 1 is 1.29 bits per heavy atom. The topological polar surface area (TPSA) is 72.0 Å². The van der Waals surface area contributed by atoms with Gasteiger partial charge in [0.15, 0.2) is 0 Å². The van der Waals surface area contributed by atoms with Gasteiger partial charge in [0.2, 0.25) is 0 Å². The van der Waals surface area contributed by atoms with E-state index in [1.807, 2.05) is 18.2 Å². The van der Waals surface area contributed by atoms with Gasteiger partial charge in [0.1, 0.15) is 5.52 Å². The summed E-state index contributed by atoms with van der Waals surface area (Å²) >= 11 is 5.98. The summed E-state index contributed by atoms with van der Waals surface area (Å²) in [5, 5.41) is 12.3. The van der Waals surface area contributed by atoms with Crippen molar-refractivity contribution >= 4 is 28.2 Å². The molecule has 3 heterocycles. The number of alkyl halides is 2. The van der Waals surface area contributed by atoms with Gasteiger partial charge >= 0.3 is 6.05 Å². The van der Waals surface area contributed by atoms with Crippen molar-refractivity contribution < 1.29 is 8.78 Å². The number of halogens is 3. The van der Waals surface area contributed by atoms with Crippen molar-refractivity contribution in [2.45, 2.75) is 44.3 Å². The first-order valence-electron chi connectivity index (χ1n) is 11.9. The number of nitrogens with one attached hydrogen (secondary N) is 1. The number of hydrogen-bond acceptors (Lipinski definition) is 5. The molecule has 3 aromatic rings. The fraction of sp³-hybridized carbons (Fsp3) is 0.385. The summed E-state index contributed by atoms with van der Waals surface area (Å²) < 4.78 is 30.0. The predicted molar refractivity (Wildman–Crippen MR) is 135 cm³/mol. The first-order chi connectivity index (χ1) is 16.7. The third-order valence-electron chi connectivity index (χ3n) is 7.11. The molecule has 0 amide bonds. The largest absolute Gasteiger partial charge is 0.370 e. The standard InChI is InChI=1S/C26H29ClF2N6/c1-16(21-7-6-20(27)15-22(21)26(28,29)30)35-25-14-19(5-8-24(25)32-33-35)18-9-12-34(13-10-18)17(2)23-4-3-11-31-23/h5-9,14-16,23,31H,2-4,10-13,30H2,1H3. The molecular formula is C26H29ClF2N6. The molecule has 9 heteroatoms. The van der Waals surface area contributed by atoms with E-state index in [1.165, 1.54) is 23.8 Å². The highest BCUT2D eigenvalue weighted by atomic mass is 35.5. The van der Waals surface area contributed by atoms with Crippen LogP contribution in [0.5, 0.6) is 0 Å². The van der Waals surface area contributed by atoms with Crippen molar-refractivity contribution in [2.75, 3.05) is 19.6 Å². The normalized spacial score (nSPS) is 19.7. The lowest BCUT2D eigenvalue weighted by Gasteiger charge is -2.33. The summed E-state index contributed by atoms with van der Waals surface area (Å²) in [4.78, 5) is 2.34. The van der Waals surface area contributed by atoms with Gasteiger partial charge < -0.3 is 10.2 Å². The molecule has 0 bridgehead atoms. The van der Waals surface area contributed by atoms with E-state index < -0.39 is 12.1 Å². The molecule has 1 fully saturated rings. The van der Waals surface area contributed by atoms with Crippen molar-refractivity contribution in [2.24, 2.45) is 5.73 Å². The van der Waals surface area contributed by atoms with Crippen LogP contribution in [-0.4, -0.2) is 45.6 Å². The average Bonchev–Trinajstić information content (AvgIpc) is 3.53. The fourth-order valence-corrected chi connectivity index (χ4v) is 5.29. The Morgan fingerprint density at radius 2 is 2.11 bits per heavy atom. The van der Waals surface area contributed by atoms with Crippen molar-refractivity contribution in [3.8, 4) is 0 Å². The minimum Gasteiger partial charge on any atom is -0.370 e. The molecule has 184 valence electrons. The molecule has 0 saturated carbocycles. The smallest absolute Gasteiger partial charge is 0.327 e. The number of fused-ring (bicyclic) bond motifs is 1. The molecule has 3 N–H and O–H groups in total. The molecule has 5 rings (SSSR count). The Bertz CT molecular complexity index is 1290. The van der Waals surface area contributed by atoms with E-state index in [1.54, 1.807) is 23.7 Å². The van der Waals surface area contributed by atoms with Gasteiger partial charge in [-0.25, -0.2) is 4.68 Å². The van der Waals surface area contributed by atoms with Gasteiger partial charge in [-0.3, -0.25) is 5.73 Å². The third kappa shape index (κ3) is 4.70.